The van der Waals surface area contributed by atoms with E-state index in [1.165, 1.54) is 17.5 Å². The van der Waals surface area contributed by atoms with Crippen LogP contribution in [0.5, 0.6) is 5.75 Å². The molecule has 2 heterocycles. The molecule has 4 N–H and O–H groups in total. The third-order valence-electron chi connectivity index (χ3n) is 4.18. The zero-order valence-corrected chi connectivity index (χ0v) is 16.5. The average molecular weight is 419 g/mol. The average Bonchev–Trinajstić information content (AvgIpc) is 3.21. The molecule has 4 aromatic rings. The van der Waals surface area contributed by atoms with Crippen LogP contribution < -0.4 is 21.1 Å². The second-order valence-electron chi connectivity index (χ2n) is 6.34. The summed E-state index contributed by atoms with van der Waals surface area (Å²) in [5, 5.41) is 5.58. The Morgan fingerprint density at radius 1 is 0.967 bits per heavy atom. The molecule has 0 bridgehead atoms. The van der Waals surface area contributed by atoms with E-state index < -0.39 is 5.91 Å². The highest BCUT2D eigenvalue weighted by molar-refractivity contribution is 7.16. The number of pyridine rings is 1. The molecule has 0 saturated carbocycles. The molecule has 0 aliphatic rings. The molecule has 4 rings (SSSR count). The fourth-order valence-corrected chi connectivity index (χ4v) is 3.44. The molecular weight excluding hydrogens is 402 g/mol. The van der Waals surface area contributed by atoms with E-state index in [-0.39, 0.29) is 18.3 Å². The van der Waals surface area contributed by atoms with Crippen molar-refractivity contribution in [3.8, 4) is 5.75 Å². The molecule has 150 valence electrons. The largest absolute Gasteiger partial charge is 0.489 e. The van der Waals surface area contributed by atoms with Gasteiger partial charge in [-0.15, -0.1) is 11.3 Å². The third kappa shape index (κ3) is 4.70. The van der Waals surface area contributed by atoms with Gasteiger partial charge in [-0.2, -0.15) is 0 Å². The lowest BCUT2D eigenvalue weighted by Crippen LogP contribution is -2.19. The lowest BCUT2D eigenvalue weighted by atomic mass is 10.2. The van der Waals surface area contributed by atoms with Gasteiger partial charge in [-0.25, -0.2) is 9.78 Å². The minimum Gasteiger partial charge on any atom is -0.489 e. The number of carbonyl (C=O) groups excluding carboxylic acids is 2. The molecule has 8 nitrogen and oxygen atoms in total. The fourth-order valence-electron chi connectivity index (χ4n) is 2.73. The second-order valence-corrected chi connectivity index (χ2v) is 7.23. The van der Waals surface area contributed by atoms with Crippen molar-refractivity contribution in [2.75, 3.05) is 10.6 Å². The van der Waals surface area contributed by atoms with Crippen LogP contribution in [0.1, 0.15) is 16.1 Å². The number of hydrogen-bond donors (Lipinski definition) is 3. The number of urea groups is 1. The molecule has 2 aromatic carbocycles. The Kier molecular flexibility index (Phi) is 5.53. The van der Waals surface area contributed by atoms with Gasteiger partial charge in [0, 0.05) is 17.6 Å². The second kappa shape index (κ2) is 8.58. The lowest BCUT2D eigenvalue weighted by Gasteiger charge is -2.10. The van der Waals surface area contributed by atoms with Gasteiger partial charge in [0.1, 0.15) is 18.1 Å². The van der Waals surface area contributed by atoms with E-state index >= 15 is 0 Å². The number of aromatic nitrogens is 2. The van der Waals surface area contributed by atoms with E-state index in [2.05, 4.69) is 20.6 Å². The van der Waals surface area contributed by atoms with Gasteiger partial charge in [0.05, 0.1) is 15.7 Å². The molecule has 0 fully saturated rings. The first-order valence-corrected chi connectivity index (χ1v) is 9.84. The van der Waals surface area contributed by atoms with Crippen molar-refractivity contribution in [1.82, 2.24) is 9.97 Å². The summed E-state index contributed by atoms with van der Waals surface area (Å²) in [5.41, 5.74) is 10.2. The number of ether oxygens (including phenoxy) is 1. The number of primary amides is 1. The molecular formula is C21H17N5O3S. The Morgan fingerprint density at radius 3 is 2.53 bits per heavy atom. The Hall–Kier alpha value is -3.98. The number of nitrogens with zero attached hydrogens (tertiary/aromatic N) is 2. The van der Waals surface area contributed by atoms with E-state index in [0.717, 1.165) is 15.8 Å². The maximum absolute atomic E-state index is 12.2. The van der Waals surface area contributed by atoms with Crippen LogP contribution in [0.2, 0.25) is 0 Å². The highest BCUT2D eigenvalue weighted by atomic mass is 32.1. The Labute approximate surface area is 175 Å². The summed E-state index contributed by atoms with van der Waals surface area (Å²) in [6, 6.07) is 15.5. The van der Waals surface area contributed by atoms with Crippen LogP contribution >= 0.6 is 11.3 Å². The van der Waals surface area contributed by atoms with E-state index in [9.17, 15) is 9.59 Å². The fraction of sp³-hybridized carbons (Fsp3) is 0.0476. The molecule has 0 radical (unpaired) electrons. The molecule has 0 atom stereocenters. The number of rotatable bonds is 6. The number of benzene rings is 2. The van der Waals surface area contributed by atoms with Crippen LogP contribution in [0.15, 0.2) is 66.3 Å². The summed E-state index contributed by atoms with van der Waals surface area (Å²) >= 11 is 1.52. The quantitative estimate of drug-likeness (QED) is 0.436. The molecule has 9 heteroatoms. The number of carbonyl (C=O) groups is 2. The van der Waals surface area contributed by atoms with Gasteiger partial charge in [0.15, 0.2) is 0 Å². The van der Waals surface area contributed by atoms with Crippen LogP contribution in [-0.2, 0) is 6.61 Å². The lowest BCUT2D eigenvalue weighted by molar-refractivity contribution is 0.0995. The first-order chi connectivity index (χ1) is 14.6. The van der Waals surface area contributed by atoms with Gasteiger partial charge in [0.2, 0.25) is 0 Å². The molecule has 0 aliphatic carbocycles. The number of anilines is 2. The van der Waals surface area contributed by atoms with Gasteiger partial charge in [-0.1, -0.05) is 0 Å². The van der Waals surface area contributed by atoms with Crippen LogP contribution in [0, 0.1) is 0 Å². The van der Waals surface area contributed by atoms with Crippen molar-refractivity contribution in [3.05, 3.63) is 77.6 Å². The van der Waals surface area contributed by atoms with Gasteiger partial charge in [0.25, 0.3) is 5.91 Å². The van der Waals surface area contributed by atoms with E-state index in [0.29, 0.717) is 17.1 Å². The van der Waals surface area contributed by atoms with Gasteiger partial charge in [-0.05, 0) is 60.2 Å². The summed E-state index contributed by atoms with van der Waals surface area (Å²) in [7, 11) is 0. The minimum atomic E-state index is -0.586. The minimum absolute atomic E-state index is 0.191. The van der Waals surface area contributed by atoms with Crippen molar-refractivity contribution in [2.24, 2.45) is 5.73 Å². The highest BCUT2D eigenvalue weighted by Crippen LogP contribution is 2.22. The number of fused-ring (bicyclic) bond motifs is 1. The Morgan fingerprint density at radius 2 is 1.73 bits per heavy atom. The molecule has 0 spiro atoms. The summed E-state index contributed by atoms with van der Waals surface area (Å²) in [5.74, 6) is 0.0339. The van der Waals surface area contributed by atoms with Crippen molar-refractivity contribution in [2.45, 2.75) is 6.61 Å². The Bertz CT molecular complexity index is 1210. The third-order valence-corrected chi connectivity index (χ3v) is 4.98. The van der Waals surface area contributed by atoms with Gasteiger partial charge >= 0.3 is 6.03 Å². The summed E-state index contributed by atoms with van der Waals surface area (Å²) in [4.78, 5) is 31.5. The predicted molar refractivity (Wildman–Crippen MR) is 116 cm³/mol. The van der Waals surface area contributed by atoms with E-state index in [1.807, 2.05) is 12.1 Å². The number of hydrogen-bond acceptors (Lipinski definition) is 6. The van der Waals surface area contributed by atoms with Crippen LogP contribution in [0.3, 0.4) is 0 Å². The van der Waals surface area contributed by atoms with E-state index in [4.69, 9.17) is 10.5 Å². The van der Waals surface area contributed by atoms with Crippen LogP contribution in [-0.4, -0.2) is 21.9 Å². The molecule has 0 saturated heterocycles. The van der Waals surface area contributed by atoms with Gasteiger partial charge < -0.3 is 21.1 Å². The van der Waals surface area contributed by atoms with E-state index in [1.54, 1.807) is 48.0 Å². The molecule has 3 amide bonds. The number of thiazole rings is 1. The zero-order chi connectivity index (χ0) is 20.9. The molecule has 0 unspecified atom stereocenters. The van der Waals surface area contributed by atoms with Crippen molar-refractivity contribution in [3.63, 3.8) is 0 Å². The SMILES string of the molecule is NC(=O)c1cc(COc2ccc(NC(=O)Nc3ccc4ncsc4c3)cc2)ccn1. The van der Waals surface area contributed by atoms with Crippen molar-refractivity contribution in [1.29, 1.82) is 0 Å². The molecule has 30 heavy (non-hydrogen) atoms. The molecule has 2 aromatic heterocycles. The van der Waals surface area contributed by atoms with Crippen molar-refractivity contribution < 1.29 is 14.3 Å². The Balaban J connectivity index is 1.32. The van der Waals surface area contributed by atoms with Crippen LogP contribution in [0.25, 0.3) is 10.2 Å². The molecule has 0 aliphatic heterocycles. The smallest absolute Gasteiger partial charge is 0.323 e. The summed E-state index contributed by atoms with van der Waals surface area (Å²) in [6.07, 6.45) is 1.51. The summed E-state index contributed by atoms with van der Waals surface area (Å²) in [6.45, 7) is 0.260. The van der Waals surface area contributed by atoms with Gasteiger partial charge in [-0.3, -0.25) is 9.78 Å². The summed E-state index contributed by atoms with van der Waals surface area (Å²) < 4.78 is 6.71. The maximum Gasteiger partial charge on any atom is 0.323 e. The maximum atomic E-state index is 12.2. The number of amides is 3. The van der Waals surface area contributed by atoms with Crippen LogP contribution in [0.4, 0.5) is 16.2 Å². The standard InChI is InChI=1S/C21H17N5O3S/c22-20(27)18-9-13(7-8-23-18)11-29-16-4-1-14(2-5-16)25-21(28)26-15-3-6-17-19(10-15)30-12-24-17/h1-10,12H,11H2,(H2,22,27)(H2,25,26,28). The monoisotopic (exact) mass is 419 g/mol. The zero-order valence-electron chi connectivity index (χ0n) is 15.7. The number of nitrogens with one attached hydrogen (secondary N) is 2. The highest BCUT2D eigenvalue weighted by Gasteiger charge is 2.06. The number of nitrogens with two attached hydrogens (primary N) is 1. The predicted octanol–water partition coefficient (Wildman–Crippen LogP) is 4.01. The first-order valence-electron chi connectivity index (χ1n) is 8.96. The first kappa shape index (κ1) is 19.3. The van der Waals surface area contributed by atoms with Crippen molar-refractivity contribution >= 4 is 44.9 Å². The topological polar surface area (TPSA) is 119 Å². The normalized spacial score (nSPS) is 10.5.